The van der Waals surface area contributed by atoms with E-state index in [-0.39, 0.29) is 0 Å². The molecule has 0 saturated heterocycles. The van der Waals surface area contributed by atoms with E-state index in [4.69, 9.17) is 0 Å². The largest absolute Gasteiger partial charge is 0.309 e. The third kappa shape index (κ3) is 4.16. The number of rotatable bonds is 6. The van der Waals surface area contributed by atoms with Gasteiger partial charge in [0.15, 0.2) is 14.3 Å². The van der Waals surface area contributed by atoms with Crippen molar-refractivity contribution >= 4 is 77.6 Å². The van der Waals surface area contributed by atoms with Crippen LogP contribution in [0, 0.1) is 0 Å². The van der Waals surface area contributed by atoms with Gasteiger partial charge in [-0.3, -0.25) is 0 Å². The molecule has 0 bridgehead atoms. The monoisotopic (exact) mass is 584 g/mol. The average Bonchev–Trinajstić information content (AvgIpc) is 3.44. The topological polar surface area (TPSA) is 34.1 Å². The van der Waals surface area contributed by atoms with Gasteiger partial charge in [-0.05, 0) is 18.2 Å². The number of hydrogen-bond donors (Lipinski definition) is 0. The van der Waals surface area contributed by atoms with Gasteiger partial charge in [0.25, 0.3) is 0 Å². The first-order valence-corrected chi connectivity index (χ1v) is 17.7. The number of hydrogen-bond acceptors (Lipinski definition) is 3. The Labute approximate surface area is 243 Å². The summed E-state index contributed by atoms with van der Waals surface area (Å²) in [5.74, 6) is 0. The molecule has 1 heterocycles. The van der Waals surface area contributed by atoms with E-state index in [1.165, 1.54) is 0 Å². The van der Waals surface area contributed by atoms with Gasteiger partial charge >= 0.3 is 0 Å². The van der Waals surface area contributed by atoms with E-state index < -0.39 is 14.3 Å². The highest BCUT2D eigenvalue weighted by Crippen LogP contribution is 2.51. The molecule has 1 aromatic heterocycles. The fourth-order valence-corrected chi connectivity index (χ4v) is 13.5. The first-order chi connectivity index (χ1) is 20.1. The fourth-order valence-electron chi connectivity index (χ4n) is 5.75. The molecule has 0 atom stereocenters. The van der Waals surface area contributed by atoms with Gasteiger partial charge in [0.1, 0.15) is 0 Å². The van der Waals surface area contributed by atoms with Crippen molar-refractivity contribution in [1.82, 2.24) is 0 Å². The molecular weight excluding hydrogens is 558 g/mol. The van der Waals surface area contributed by atoms with E-state index in [0.29, 0.717) is 10.6 Å². The zero-order valence-corrected chi connectivity index (χ0v) is 24.7. The van der Waals surface area contributed by atoms with Crippen molar-refractivity contribution < 1.29 is 9.13 Å². The van der Waals surface area contributed by atoms with Crippen molar-refractivity contribution in [2.45, 2.75) is 0 Å². The van der Waals surface area contributed by atoms with E-state index in [9.17, 15) is 0 Å². The molecule has 7 aromatic rings. The second-order valence-corrected chi connectivity index (χ2v) is 16.5. The van der Waals surface area contributed by atoms with Crippen LogP contribution in [0.3, 0.4) is 0 Å². The molecule has 198 valence electrons. The lowest BCUT2D eigenvalue weighted by atomic mass is 10.1. The molecule has 41 heavy (non-hydrogen) atoms. The van der Waals surface area contributed by atoms with Crippen molar-refractivity contribution in [3.05, 3.63) is 158 Å². The van der Waals surface area contributed by atoms with E-state index in [0.717, 1.165) is 41.4 Å². The molecule has 0 fully saturated rings. The van der Waals surface area contributed by atoms with Gasteiger partial charge in [-0.1, -0.05) is 140 Å². The molecular formula is C36H26O2P2S. The van der Waals surface area contributed by atoms with Crippen LogP contribution in [-0.2, 0) is 9.13 Å². The number of fused-ring (bicyclic) bond motifs is 3. The Morgan fingerprint density at radius 3 is 1.29 bits per heavy atom. The van der Waals surface area contributed by atoms with E-state index in [1.807, 2.05) is 140 Å². The maximum absolute atomic E-state index is 16.2. The number of thiophene rings is 1. The van der Waals surface area contributed by atoms with Crippen LogP contribution in [0.4, 0.5) is 0 Å². The lowest BCUT2D eigenvalue weighted by Gasteiger charge is -2.28. The second kappa shape index (κ2) is 10.4. The zero-order chi connectivity index (χ0) is 27.9. The maximum atomic E-state index is 16.2. The van der Waals surface area contributed by atoms with Crippen molar-refractivity contribution in [2.24, 2.45) is 0 Å². The minimum atomic E-state index is -3.53. The van der Waals surface area contributed by atoms with Crippen molar-refractivity contribution in [1.29, 1.82) is 0 Å². The van der Waals surface area contributed by atoms with Crippen LogP contribution < -0.4 is 31.8 Å². The maximum Gasteiger partial charge on any atom is 0.172 e. The van der Waals surface area contributed by atoms with Crippen LogP contribution in [0.2, 0.25) is 0 Å². The summed E-state index contributed by atoms with van der Waals surface area (Å²) in [5.41, 5.74) is 0. The third-order valence-electron chi connectivity index (χ3n) is 7.63. The highest BCUT2D eigenvalue weighted by Gasteiger charge is 2.41. The Balaban J connectivity index is 1.72. The van der Waals surface area contributed by atoms with Crippen molar-refractivity contribution in [3.63, 3.8) is 0 Å². The van der Waals surface area contributed by atoms with Crippen molar-refractivity contribution in [3.8, 4) is 0 Å². The van der Waals surface area contributed by atoms with Gasteiger partial charge < -0.3 is 9.13 Å². The molecule has 5 heteroatoms. The molecule has 2 nitrogen and oxygen atoms in total. The molecule has 0 aliphatic heterocycles. The molecule has 0 aliphatic carbocycles. The molecule has 0 saturated carbocycles. The molecule has 0 aliphatic rings. The Hall–Kier alpha value is -4.00. The second-order valence-electron chi connectivity index (χ2n) is 9.97. The first-order valence-electron chi connectivity index (χ1n) is 13.5. The van der Waals surface area contributed by atoms with Gasteiger partial charge in [-0.2, -0.15) is 0 Å². The summed E-state index contributed by atoms with van der Waals surface area (Å²) >= 11 is 1.68. The highest BCUT2D eigenvalue weighted by atomic mass is 32.1. The standard InChI is InChI=1S/C36H26O2P2S/c37-39(27-15-5-1-6-16-27,28-17-7-2-8-18-28)32-25-26-34-35(31-23-13-14-24-33(31)41-34)36(32)40(38,29-19-9-3-10-20-29)30-21-11-4-12-22-30/h1-26H. The van der Waals surface area contributed by atoms with Gasteiger partial charge in [-0.15, -0.1) is 11.3 Å². The van der Waals surface area contributed by atoms with Crippen LogP contribution >= 0.6 is 25.6 Å². The van der Waals surface area contributed by atoms with Gasteiger partial charge in [0.2, 0.25) is 0 Å². The smallest absolute Gasteiger partial charge is 0.172 e. The van der Waals surface area contributed by atoms with E-state index in [2.05, 4.69) is 18.2 Å². The molecule has 7 rings (SSSR count). The van der Waals surface area contributed by atoms with Crippen LogP contribution in [-0.4, -0.2) is 0 Å². The van der Waals surface area contributed by atoms with Gasteiger partial charge in [-0.25, -0.2) is 0 Å². The summed E-state index contributed by atoms with van der Waals surface area (Å²) in [6.07, 6.45) is 0. The Morgan fingerprint density at radius 2 is 0.805 bits per heavy atom. The van der Waals surface area contributed by atoms with Crippen molar-refractivity contribution in [2.75, 3.05) is 0 Å². The minimum absolute atomic E-state index is 0.627. The normalized spacial score (nSPS) is 12.1. The average molecular weight is 585 g/mol. The van der Waals surface area contributed by atoms with Gasteiger partial charge in [0.05, 0.1) is 0 Å². The SMILES string of the molecule is O=P(c1ccccc1)(c1ccccc1)c1ccc2sc3ccccc3c2c1P(=O)(c1ccccc1)c1ccccc1. The quantitative estimate of drug-likeness (QED) is 0.192. The molecule has 0 unspecified atom stereocenters. The van der Waals surface area contributed by atoms with Crippen LogP contribution in [0.5, 0.6) is 0 Å². The highest BCUT2D eigenvalue weighted by molar-refractivity contribution is 7.91. The molecule has 0 amide bonds. The summed E-state index contributed by atoms with van der Waals surface area (Å²) in [7, 11) is -7.01. The van der Waals surface area contributed by atoms with Gasteiger partial charge in [0, 0.05) is 52.0 Å². The summed E-state index contributed by atoms with van der Waals surface area (Å²) in [5, 5.41) is 6.14. The molecule has 0 spiro atoms. The summed E-state index contributed by atoms with van der Waals surface area (Å²) in [6, 6.07) is 51.0. The predicted molar refractivity (Wildman–Crippen MR) is 178 cm³/mol. The van der Waals surface area contributed by atoms with Crippen LogP contribution in [0.1, 0.15) is 0 Å². The molecule has 0 N–H and O–H groups in total. The van der Waals surface area contributed by atoms with Crippen LogP contribution in [0.25, 0.3) is 20.2 Å². The number of benzene rings is 6. The van der Waals surface area contributed by atoms with E-state index >= 15 is 9.13 Å². The van der Waals surface area contributed by atoms with Crippen LogP contribution in [0.15, 0.2) is 158 Å². The Bertz CT molecular complexity index is 2000. The summed E-state index contributed by atoms with van der Waals surface area (Å²) < 4.78 is 34.3. The fraction of sp³-hybridized carbons (Fsp3) is 0. The summed E-state index contributed by atoms with van der Waals surface area (Å²) in [4.78, 5) is 0. The zero-order valence-electron chi connectivity index (χ0n) is 22.1. The lowest BCUT2D eigenvalue weighted by Crippen LogP contribution is -2.39. The third-order valence-corrected chi connectivity index (χ3v) is 15.2. The predicted octanol–water partition coefficient (Wildman–Crippen LogP) is 7.33. The molecule has 0 radical (unpaired) electrons. The summed E-state index contributed by atoms with van der Waals surface area (Å²) in [6.45, 7) is 0. The van der Waals surface area contributed by atoms with E-state index in [1.54, 1.807) is 11.3 Å². The Kier molecular flexibility index (Phi) is 6.60. The minimum Gasteiger partial charge on any atom is -0.309 e. The Morgan fingerprint density at radius 1 is 0.390 bits per heavy atom. The first kappa shape index (κ1) is 25.9. The lowest BCUT2D eigenvalue weighted by molar-refractivity contribution is 0.590. The molecule has 6 aromatic carbocycles.